The standard InChI is InChI=1S/C13H12Cl3NS/c14-5-1-2-10-8-18-13(17-10)7-9-3-4-11(15)12(16)6-9/h3-4,6,8H,1-2,5,7H2. The lowest BCUT2D eigenvalue weighted by Crippen LogP contribution is -1.90. The van der Waals surface area contributed by atoms with Crippen molar-refractivity contribution in [2.75, 3.05) is 5.88 Å². The second-order valence-corrected chi connectivity index (χ2v) is 6.09. The molecular weight excluding hydrogens is 309 g/mol. The van der Waals surface area contributed by atoms with Gasteiger partial charge in [0.25, 0.3) is 0 Å². The summed E-state index contributed by atoms with van der Waals surface area (Å²) in [6, 6.07) is 5.69. The van der Waals surface area contributed by atoms with Crippen LogP contribution in [0, 0.1) is 0 Å². The van der Waals surface area contributed by atoms with Crippen LogP contribution < -0.4 is 0 Å². The molecule has 0 spiro atoms. The summed E-state index contributed by atoms with van der Waals surface area (Å²) in [5.41, 5.74) is 2.25. The first kappa shape index (κ1) is 14.1. The Morgan fingerprint density at radius 1 is 1.17 bits per heavy atom. The van der Waals surface area contributed by atoms with Crippen molar-refractivity contribution in [1.29, 1.82) is 0 Å². The number of nitrogens with zero attached hydrogens (tertiary/aromatic N) is 1. The van der Waals surface area contributed by atoms with Gasteiger partial charge in [0, 0.05) is 17.7 Å². The van der Waals surface area contributed by atoms with Crippen LogP contribution in [-0.4, -0.2) is 10.9 Å². The summed E-state index contributed by atoms with van der Waals surface area (Å²) in [4.78, 5) is 4.58. The molecule has 0 bridgehead atoms. The van der Waals surface area contributed by atoms with E-state index < -0.39 is 0 Å². The van der Waals surface area contributed by atoms with Gasteiger partial charge in [-0.2, -0.15) is 0 Å². The van der Waals surface area contributed by atoms with E-state index >= 15 is 0 Å². The molecule has 0 radical (unpaired) electrons. The van der Waals surface area contributed by atoms with Gasteiger partial charge in [-0.1, -0.05) is 29.3 Å². The van der Waals surface area contributed by atoms with Crippen molar-refractivity contribution in [3.8, 4) is 0 Å². The van der Waals surface area contributed by atoms with E-state index in [4.69, 9.17) is 34.8 Å². The van der Waals surface area contributed by atoms with Gasteiger partial charge in [-0.15, -0.1) is 22.9 Å². The Balaban J connectivity index is 2.04. The maximum Gasteiger partial charge on any atom is 0.0972 e. The minimum Gasteiger partial charge on any atom is -0.246 e. The van der Waals surface area contributed by atoms with Gasteiger partial charge in [0.05, 0.1) is 20.7 Å². The highest BCUT2D eigenvalue weighted by Gasteiger charge is 2.05. The summed E-state index contributed by atoms with van der Waals surface area (Å²) < 4.78 is 0. The number of hydrogen-bond donors (Lipinski definition) is 0. The maximum atomic E-state index is 5.99. The highest BCUT2D eigenvalue weighted by atomic mass is 35.5. The van der Waals surface area contributed by atoms with Crippen molar-refractivity contribution in [3.05, 3.63) is 49.9 Å². The number of aryl methyl sites for hydroxylation is 1. The van der Waals surface area contributed by atoms with Crippen LogP contribution in [0.3, 0.4) is 0 Å². The van der Waals surface area contributed by atoms with E-state index in [1.54, 1.807) is 11.3 Å². The maximum absolute atomic E-state index is 5.99. The van der Waals surface area contributed by atoms with Gasteiger partial charge in [0.1, 0.15) is 0 Å². The number of rotatable bonds is 5. The molecule has 0 fully saturated rings. The molecule has 18 heavy (non-hydrogen) atoms. The molecule has 0 saturated heterocycles. The first-order valence-corrected chi connectivity index (χ1v) is 7.79. The molecule has 2 rings (SSSR count). The number of alkyl halides is 1. The molecule has 96 valence electrons. The fourth-order valence-corrected chi connectivity index (χ4v) is 2.93. The van der Waals surface area contributed by atoms with E-state index in [9.17, 15) is 0 Å². The van der Waals surface area contributed by atoms with Crippen LogP contribution in [0.15, 0.2) is 23.6 Å². The van der Waals surface area contributed by atoms with E-state index in [1.807, 2.05) is 18.2 Å². The monoisotopic (exact) mass is 319 g/mol. The summed E-state index contributed by atoms with van der Waals surface area (Å²) >= 11 is 19.2. The number of thiazole rings is 1. The summed E-state index contributed by atoms with van der Waals surface area (Å²) in [5.74, 6) is 0.680. The zero-order valence-corrected chi connectivity index (χ0v) is 12.7. The Morgan fingerprint density at radius 2 is 2.00 bits per heavy atom. The minimum atomic E-state index is 0.586. The van der Waals surface area contributed by atoms with Gasteiger partial charge in [-0.3, -0.25) is 0 Å². The second-order valence-electron chi connectivity index (χ2n) is 3.95. The van der Waals surface area contributed by atoms with Crippen molar-refractivity contribution >= 4 is 46.1 Å². The van der Waals surface area contributed by atoms with Crippen LogP contribution in [0.5, 0.6) is 0 Å². The van der Waals surface area contributed by atoms with Gasteiger partial charge >= 0.3 is 0 Å². The molecule has 1 aromatic carbocycles. The molecule has 1 nitrogen and oxygen atoms in total. The van der Waals surface area contributed by atoms with E-state index in [0.29, 0.717) is 15.9 Å². The van der Waals surface area contributed by atoms with Crippen LogP contribution >= 0.6 is 46.1 Å². The summed E-state index contributed by atoms with van der Waals surface area (Å²) in [7, 11) is 0. The lowest BCUT2D eigenvalue weighted by Gasteiger charge is -2.00. The Labute approximate surface area is 126 Å². The fraction of sp³-hybridized carbons (Fsp3) is 0.308. The molecule has 0 unspecified atom stereocenters. The fourth-order valence-electron chi connectivity index (χ4n) is 1.62. The van der Waals surface area contributed by atoms with Gasteiger partial charge in [0.15, 0.2) is 0 Å². The van der Waals surface area contributed by atoms with Crippen molar-refractivity contribution < 1.29 is 0 Å². The normalized spacial score (nSPS) is 10.8. The van der Waals surface area contributed by atoms with Gasteiger partial charge in [-0.25, -0.2) is 4.98 Å². The molecule has 5 heteroatoms. The summed E-state index contributed by atoms with van der Waals surface area (Å²) in [6.07, 6.45) is 2.71. The third-order valence-electron chi connectivity index (χ3n) is 2.51. The summed E-state index contributed by atoms with van der Waals surface area (Å²) in [5, 5.41) is 4.37. The molecule has 0 N–H and O–H groups in total. The van der Waals surface area contributed by atoms with Crippen LogP contribution in [0.2, 0.25) is 10.0 Å². The Hall–Kier alpha value is -0.280. The molecule has 0 amide bonds. The van der Waals surface area contributed by atoms with Gasteiger partial charge in [0.2, 0.25) is 0 Å². The largest absolute Gasteiger partial charge is 0.246 e. The quantitative estimate of drug-likeness (QED) is 0.689. The molecule has 1 aromatic heterocycles. The van der Waals surface area contributed by atoms with Crippen molar-refractivity contribution in [2.24, 2.45) is 0 Å². The zero-order chi connectivity index (χ0) is 13.0. The van der Waals surface area contributed by atoms with Crippen molar-refractivity contribution in [1.82, 2.24) is 4.98 Å². The molecule has 0 aliphatic rings. The van der Waals surface area contributed by atoms with E-state index in [1.165, 1.54) is 0 Å². The smallest absolute Gasteiger partial charge is 0.0972 e. The predicted octanol–water partition coefficient (Wildman–Crippen LogP) is 5.21. The van der Waals surface area contributed by atoms with Crippen LogP contribution in [0.4, 0.5) is 0 Å². The average molecular weight is 321 g/mol. The molecular formula is C13H12Cl3NS. The highest BCUT2D eigenvalue weighted by molar-refractivity contribution is 7.09. The molecule has 2 aromatic rings. The SMILES string of the molecule is ClCCCc1csc(Cc2ccc(Cl)c(Cl)c2)n1. The van der Waals surface area contributed by atoms with Crippen LogP contribution in [-0.2, 0) is 12.8 Å². The zero-order valence-electron chi connectivity index (χ0n) is 9.63. The first-order valence-electron chi connectivity index (χ1n) is 5.62. The van der Waals surface area contributed by atoms with Crippen LogP contribution in [0.25, 0.3) is 0 Å². The Morgan fingerprint density at radius 3 is 2.72 bits per heavy atom. The first-order chi connectivity index (χ1) is 8.69. The molecule has 0 saturated carbocycles. The topological polar surface area (TPSA) is 12.9 Å². The summed E-state index contributed by atoms with van der Waals surface area (Å²) in [6.45, 7) is 0. The van der Waals surface area contributed by atoms with E-state index in [0.717, 1.165) is 35.5 Å². The van der Waals surface area contributed by atoms with Gasteiger partial charge < -0.3 is 0 Å². The third kappa shape index (κ3) is 3.86. The Bertz CT molecular complexity index is 525. The number of benzene rings is 1. The molecule has 0 aliphatic heterocycles. The number of aromatic nitrogens is 1. The molecule has 0 aliphatic carbocycles. The number of halogens is 3. The number of hydrogen-bond acceptors (Lipinski definition) is 2. The van der Waals surface area contributed by atoms with E-state index in [-0.39, 0.29) is 0 Å². The third-order valence-corrected chi connectivity index (χ3v) is 4.41. The average Bonchev–Trinajstić information content (AvgIpc) is 2.79. The Kier molecular flexibility index (Phi) is 5.31. The van der Waals surface area contributed by atoms with E-state index in [2.05, 4.69) is 10.4 Å². The van der Waals surface area contributed by atoms with Crippen molar-refractivity contribution in [2.45, 2.75) is 19.3 Å². The molecule has 1 heterocycles. The highest BCUT2D eigenvalue weighted by Crippen LogP contribution is 2.24. The predicted molar refractivity (Wildman–Crippen MR) is 80.4 cm³/mol. The van der Waals surface area contributed by atoms with Crippen LogP contribution in [0.1, 0.15) is 22.7 Å². The van der Waals surface area contributed by atoms with Crippen molar-refractivity contribution in [3.63, 3.8) is 0 Å². The lowest BCUT2D eigenvalue weighted by molar-refractivity contribution is 0.889. The minimum absolute atomic E-state index is 0.586. The molecule has 0 atom stereocenters. The van der Waals surface area contributed by atoms with Gasteiger partial charge in [-0.05, 0) is 30.5 Å². The lowest BCUT2D eigenvalue weighted by atomic mass is 10.1. The second kappa shape index (κ2) is 6.76.